The van der Waals surface area contributed by atoms with Gasteiger partial charge in [-0.25, -0.2) is 0 Å². The molecule has 1 N–H and O–H groups in total. The van der Waals surface area contributed by atoms with Crippen molar-refractivity contribution < 1.29 is 0 Å². The van der Waals surface area contributed by atoms with Gasteiger partial charge in [-0.2, -0.15) is 5.10 Å². The summed E-state index contributed by atoms with van der Waals surface area (Å²) in [6, 6.07) is 0. The zero-order valence-electron chi connectivity index (χ0n) is 11.7. The van der Waals surface area contributed by atoms with Crippen molar-refractivity contribution in [2.75, 3.05) is 6.54 Å². The van der Waals surface area contributed by atoms with Gasteiger partial charge in [0, 0.05) is 19.6 Å². The van der Waals surface area contributed by atoms with Gasteiger partial charge >= 0.3 is 0 Å². The molecule has 1 aliphatic carbocycles. The summed E-state index contributed by atoms with van der Waals surface area (Å²) in [5, 5.41) is 8.96. The van der Waals surface area contributed by atoms with E-state index >= 15 is 0 Å². The summed E-state index contributed by atoms with van der Waals surface area (Å²) >= 11 is 6.38. The normalized spacial score (nSPS) is 17.1. The molecule has 0 radical (unpaired) electrons. The van der Waals surface area contributed by atoms with Crippen molar-refractivity contribution in [3.05, 3.63) is 16.4 Å². The van der Waals surface area contributed by atoms with Crippen LogP contribution in [0.25, 0.3) is 0 Å². The summed E-state index contributed by atoms with van der Waals surface area (Å²) < 4.78 is 2.03. The lowest BCUT2D eigenvalue weighted by atomic mass is 10.0. The van der Waals surface area contributed by atoms with Crippen LogP contribution in [0.3, 0.4) is 0 Å². The molecule has 0 atom stereocenters. The summed E-state index contributed by atoms with van der Waals surface area (Å²) in [7, 11) is 0. The van der Waals surface area contributed by atoms with Crippen molar-refractivity contribution >= 4 is 11.6 Å². The Bertz CT molecular complexity index is 407. The van der Waals surface area contributed by atoms with Gasteiger partial charge in [-0.05, 0) is 38.0 Å². The molecule has 2 rings (SSSR count). The third kappa shape index (κ3) is 2.72. The number of aryl methyl sites for hydroxylation is 2. The lowest BCUT2D eigenvalue weighted by Crippen LogP contribution is -2.24. The highest BCUT2D eigenvalue weighted by molar-refractivity contribution is 6.31. The van der Waals surface area contributed by atoms with Crippen LogP contribution in [0.15, 0.2) is 0 Å². The number of hydrogen-bond donors (Lipinski definition) is 1. The average Bonchev–Trinajstić information content (AvgIpc) is 3.10. The molecule has 3 nitrogen and oxygen atoms in total. The molecule has 0 unspecified atom stereocenters. The molecular formula is C14H24ClN3. The first-order valence-corrected chi connectivity index (χ1v) is 7.48. The molecule has 0 bridgehead atoms. The van der Waals surface area contributed by atoms with Gasteiger partial charge in [-0.1, -0.05) is 25.4 Å². The summed E-state index contributed by atoms with van der Waals surface area (Å²) in [5.74, 6) is 0. The molecule has 102 valence electrons. The summed E-state index contributed by atoms with van der Waals surface area (Å²) in [6.07, 6.45) is 4.92. The van der Waals surface area contributed by atoms with Crippen molar-refractivity contribution in [3.8, 4) is 0 Å². The Hall–Kier alpha value is -0.540. The van der Waals surface area contributed by atoms with Crippen molar-refractivity contribution in [3.63, 3.8) is 0 Å². The second kappa shape index (κ2) is 5.62. The fourth-order valence-electron chi connectivity index (χ4n) is 2.46. The molecule has 0 amide bonds. The zero-order valence-corrected chi connectivity index (χ0v) is 12.5. The fourth-order valence-corrected chi connectivity index (χ4v) is 2.80. The van der Waals surface area contributed by atoms with Crippen LogP contribution < -0.4 is 5.32 Å². The van der Waals surface area contributed by atoms with Crippen molar-refractivity contribution in [2.24, 2.45) is 5.41 Å². The van der Waals surface area contributed by atoms with Crippen LogP contribution in [0, 0.1) is 5.41 Å². The summed E-state index contributed by atoms with van der Waals surface area (Å²) in [6.45, 7) is 9.32. The monoisotopic (exact) mass is 269 g/mol. The van der Waals surface area contributed by atoms with E-state index < -0.39 is 0 Å². The Balaban J connectivity index is 1.97. The highest BCUT2D eigenvalue weighted by Crippen LogP contribution is 2.47. The van der Waals surface area contributed by atoms with Gasteiger partial charge in [-0.3, -0.25) is 4.68 Å². The predicted octanol–water partition coefficient (Wildman–Crippen LogP) is 3.40. The van der Waals surface area contributed by atoms with Crippen LogP contribution in [0.1, 0.15) is 51.4 Å². The molecule has 0 spiro atoms. The molecule has 1 saturated carbocycles. The standard InChI is InChI=1S/C14H24ClN3/c1-4-11-13(15)12(18(6-3)17-11)9-16-10-14(5-2)7-8-14/h16H,4-10H2,1-3H3. The molecule has 1 aliphatic rings. The Kier molecular flexibility index (Phi) is 4.33. The maximum Gasteiger partial charge on any atom is 0.0863 e. The van der Waals surface area contributed by atoms with Crippen LogP contribution in [0.5, 0.6) is 0 Å². The minimum atomic E-state index is 0.580. The highest BCUT2D eigenvalue weighted by atomic mass is 35.5. The van der Waals surface area contributed by atoms with E-state index in [-0.39, 0.29) is 0 Å². The van der Waals surface area contributed by atoms with E-state index in [1.54, 1.807) is 0 Å². The van der Waals surface area contributed by atoms with E-state index in [1.807, 2.05) is 4.68 Å². The van der Waals surface area contributed by atoms with Gasteiger partial charge in [0.1, 0.15) is 0 Å². The van der Waals surface area contributed by atoms with Crippen LogP contribution in [0.2, 0.25) is 5.02 Å². The first-order chi connectivity index (χ1) is 8.65. The number of aromatic nitrogens is 2. The molecule has 0 aliphatic heterocycles. The summed E-state index contributed by atoms with van der Waals surface area (Å²) in [5.41, 5.74) is 2.74. The Morgan fingerprint density at radius 3 is 2.56 bits per heavy atom. The predicted molar refractivity (Wildman–Crippen MR) is 76.0 cm³/mol. The molecule has 1 fully saturated rings. The Morgan fingerprint density at radius 1 is 1.33 bits per heavy atom. The van der Waals surface area contributed by atoms with E-state index in [2.05, 4.69) is 31.2 Å². The van der Waals surface area contributed by atoms with Crippen molar-refractivity contribution in [2.45, 2.75) is 59.5 Å². The van der Waals surface area contributed by atoms with Gasteiger partial charge in [0.05, 0.1) is 16.4 Å². The number of rotatable bonds is 7. The van der Waals surface area contributed by atoms with E-state index in [1.165, 1.54) is 19.3 Å². The van der Waals surface area contributed by atoms with Gasteiger partial charge < -0.3 is 5.32 Å². The van der Waals surface area contributed by atoms with Gasteiger partial charge in [-0.15, -0.1) is 0 Å². The molecule has 1 aromatic rings. The van der Waals surface area contributed by atoms with Crippen LogP contribution in [-0.4, -0.2) is 16.3 Å². The third-order valence-corrected chi connectivity index (χ3v) is 4.63. The molecule has 0 saturated heterocycles. The maximum absolute atomic E-state index is 6.38. The van der Waals surface area contributed by atoms with Crippen LogP contribution in [0.4, 0.5) is 0 Å². The third-order valence-electron chi connectivity index (χ3n) is 4.19. The number of nitrogens with zero attached hydrogens (tertiary/aromatic N) is 2. The highest BCUT2D eigenvalue weighted by Gasteiger charge is 2.39. The SMILES string of the molecule is CCc1nn(CC)c(CNCC2(CC)CC2)c1Cl. The van der Waals surface area contributed by atoms with E-state index in [0.717, 1.165) is 42.5 Å². The molecule has 1 aromatic heterocycles. The Labute approximate surface area is 115 Å². The smallest absolute Gasteiger partial charge is 0.0863 e. The number of halogens is 1. The first kappa shape index (κ1) is 13.9. The maximum atomic E-state index is 6.38. The second-order valence-electron chi connectivity index (χ2n) is 5.33. The van der Waals surface area contributed by atoms with Gasteiger partial charge in [0.25, 0.3) is 0 Å². The molecule has 18 heavy (non-hydrogen) atoms. The Morgan fingerprint density at radius 2 is 2.06 bits per heavy atom. The number of nitrogens with one attached hydrogen (secondary N) is 1. The van der Waals surface area contributed by atoms with E-state index in [0.29, 0.717) is 5.41 Å². The fraction of sp³-hybridized carbons (Fsp3) is 0.786. The summed E-state index contributed by atoms with van der Waals surface area (Å²) in [4.78, 5) is 0. The van der Waals surface area contributed by atoms with E-state index in [4.69, 9.17) is 11.6 Å². The molecule has 0 aromatic carbocycles. The number of hydrogen-bond acceptors (Lipinski definition) is 2. The van der Waals surface area contributed by atoms with Crippen LogP contribution in [-0.2, 0) is 19.5 Å². The van der Waals surface area contributed by atoms with Gasteiger partial charge in [0.15, 0.2) is 0 Å². The quantitative estimate of drug-likeness (QED) is 0.822. The lowest BCUT2D eigenvalue weighted by molar-refractivity contribution is 0.436. The van der Waals surface area contributed by atoms with Crippen molar-refractivity contribution in [1.29, 1.82) is 0 Å². The first-order valence-electron chi connectivity index (χ1n) is 7.10. The van der Waals surface area contributed by atoms with Crippen molar-refractivity contribution in [1.82, 2.24) is 15.1 Å². The zero-order chi connectivity index (χ0) is 13.2. The molecular weight excluding hydrogens is 246 g/mol. The topological polar surface area (TPSA) is 29.9 Å². The minimum Gasteiger partial charge on any atom is -0.311 e. The van der Waals surface area contributed by atoms with E-state index in [9.17, 15) is 0 Å². The van der Waals surface area contributed by atoms with Gasteiger partial charge in [0.2, 0.25) is 0 Å². The molecule has 4 heteroatoms. The largest absolute Gasteiger partial charge is 0.311 e. The minimum absolute atomic E-state index is 0.580. The van der Waals surface area contributed by atoms with Crippen LogP contribution >= 0.6 is 11.6 Å². The second-order valence-corrected chi connectivity index (χ2v) is 5.71. The average molecular weight is 270 g/mol. The lowest BCUT2D eigenvalue weighted by Gasteiger charge is -2.14. The molecule has 1 heterocycles.